The van der Waals surface area contributed by atoms with Gasteiger partial charge in [-0.15, -0.1) is 22.7 Å². The van der Waals surface area contributed by atoms with Gasteiger partial charge in [-0.05, 0) is 20.8 Å². The second-order valence-corrected chi connectivity index (χ2v) is 22.7. The lowest BCUT2D eigenvalue weighted by Crippen LogP contribution is -2.65. The Morgan fingerprint density at radius 1 is 0.789 bits per heavy atom. The topological polar surface area (TPSA) is 641 Å². The third-order valence-corrected chi connectivity index (χ3v) is 16.1. The van der Waals surface area contributed by atoms with Gasteiger partial charge in [0.05, 0.1) is 72.7 Å². The number of aromatic nitrogens is 6. The number of nitrogens with two attached hydrogens (primary N) is 6. The van der Waals surface area contributed by atoms with Crippen LogP contribution in [0.4, 0.5) is 10.6 Å². The van der Waals surface area contributed by atoms with Crippen molar-refractivity contribution in [2.75, 3.05) is 32.0 Å². The van der Waals surface area contributed by atoms with Crippen LogP contribution in [0.15, 0.2) is 23.3 Å². The van der Waals surface area contributed by atoms with E-state index in [2.05, 4.69) is 56.5 Å². The molecule has 90 heavy (non-hydrogen) atoms. The molecule has 2 fully saturated rings. The molecule has 4 aromatic heterocycles. The highest BCUT2D eigenvalue weighted by atomic mass is 32.1. The highest BCUT2D eigenvalue weighted by Gasteiger charge is 2.54. The molecule has 38 nitrogen and oxygen atoms in total. The van der Waals surface area contributed by atoms with E-state index < -0.39 is 189 Å². The van der Waals surface area contributed by atoms with Crippen LogP contribution in [0.5, 0.6) is 0 Å². The third kappa shape index (κ3) is 17.9. The van der Waals surface area contributed by atoms with Gasteiger partial charge in [0.2, 0.25) is 29.5 Å². The van der Waals surface area contributed by atoms with Crippen LogP contribution in [0, 0.1) is 12.8 Å². The molecule has 0 saturated carbocycles. The lowest BCUT2D eigenvalue weighted by atomic mass is 9.96. The van der Waals surface area contributed by atoms with Crippen LogP contribution in [0.1, 0.15) is 82.4 Å². The van der Waals surface area contributed by atoms with Crippen molar-refractivity contribution in [2.45, 2.75) is 150 Å². The summed E-state index contributed by atoms with van der Waals surface area (Å²) in [5, 5.41) is 105. The van der Waals surface area contributed by atoms with Gasteiger partial charge in [0.25, 0.3) is 11.8 Å². The molecule has 2 aliphatic heterocycles. The Morgan fingerprint density at radius 2 is 1.47 bits per heavy atom. The molecule has 0 aromatic carbocycles. The molecule has 2 saturated heterocycles. The number of carbonyl (C=O) groups excluding carboxylic acids is 8. The lowest BCUT2D eigenvalue weighted by Gasteiger charge is -2.47. The summed E-state index contributed by atoms with van der Waals surface area (Å²) in [6, 6.07) is -7.85. The smallest absolute Gasteiger partial charge is 0.404 e. The average Bonchev–Trinajstić information content (AvgIpc) is 0.905. The molecule has 0 spiro atoms. The van der Waals surface area contributed by atoms with E-state index in [0.717, 1.165) is 23.9 Å². The molecule has 26 N–H and O–H groups in total. The van der Waals surface area contributed by atoms with Crippen LogP contribution in [0.25, 0.3) is 10.7 Å². The predicted octanol–water partition coefficient (Wildman–Crippen LogP) is -8.60. The third-order valence-electron chi connectivity index (χ3n) is 14.3. The summed E-state index contributed by atoms with van der Waals surface area (Å²) in [5.74, 6) is -9.13. The van der Waals surface area contributed by atoms with Crippen LogP contribution >= 0.6 is 22.7 Å². The first kappa shape index (κ1) is 71.4. The molecule has 6 heterocycles. The average molecular weight is 1310 g/mol. The molecule has 0 unspecified atom stereocenters. The Morgan fingerprint density at radius 3 is 2.07 bits per heavy atom. The fraction of sp³-hybridized carbons (Fsp3) is 0.580. The lowest BCUT2D eigenvalue weighted by molar-refractivity contribution is -0.372. The highest BCUT2D eigenvalue weighted by Crippen LogP contribution is 2.35. The molecular weight excluding hydrogens is 1240 g/mol. The van der Waals surface area contributed by atoms with Crippen molar-refractivity contribution in [1.82, 2.24) is 56.5 Å². The summed E-state index contributed by atoms with van der Waals surface area (Å²) >= 11 is 2.40. The maximum absolute atomic E-state index is 15.1. The van der Waals surface area contributed by atoms with Crippen molar-refractivity contribution in [3.05, 3.63) is 56.8 Å². The number of nitrogens with zero attached hydrogens (tertiary/aromatic N) is 5. The number of H-pyrrole nitrogens is 1. The maximum Gasteiger partial charge on any atom is 0.404 e. The summed E-state index contributed by atoms with van der Waals surface area (Å²) in [4.78, 5) is 129. The number of nitrogen functional groups attached to an aromatic ring is 1. The van der Waals surface area contributed by atoms with Crippen LogP contribution in [0.3, 0.4) is 0 Å². The summed E-state index contributed by atoms with van der Waals surface area (Å²) in [6.45, 7) is 2.60. The van der Waals surface area contributed by atoms with E-state index in [1.54, 1.807) is 5.38 Å². The number of hydrogen-bond acceptors (Lipinski definition) is 31. The number of nitrogens with one attached hydrogen (secondary N) is 6. The fourth-order valence-corrected chi connectivity index (χ4v) is 10.8. The van der Waals surface area contributed by atoms with Crippen molar-refractivity contribution in [1.29, 1.82) is 0 Å². The van der Waals surface area contributed by atoms with Crippen molar-refractivity contribution in [3.8, 4) is 10.7 Å². The first-order valence-corrected chi connectivity index (χ1v) is 29.2. The zero-order valence-corrected chi connectivity index (χ0v) is 50.1. The minimum Gasteiger partial charge on any atom is -0.441 e. The normalized spacial score (nSPS) is 24.8. The molecule has 0 bridgehead atoms. The Labute approximate surface area is 518 Å². The van der Waals surface area contributed by atoms with Gasteiger partial charge in [-0.3, -0.25) is 33.6 Å². The van der Waals surface area contributed by atoms with E-state index in [9.17, 15) is 74.4 Å². The summed E-state index contributed by atoms with van der Waals surface area (Å²) < 4.78 is 28.7. The largest absolute Gasteiger partial charge is 0.441 e. The van der Waals surface area contributed by atoms with Crippen LogP contribution in [-0.2, 0) is 54.1 Å². The number of rotatable bonds is 31. The monoisotopic (exact) mass is 1310 g/mol. The molecule has 40 heteroatoms. The zero-order chi connectivity index (χ0) is 66.6. The summed E-state index contributed by atoms with van der Waals surface area (Å²) in [6.07, 6.45) is -25.1. The van der Waals surface area contributed by atoms with Gasteiger partial charge in [-0.25, -0.2) is 29.7 Å². The van der Waals surface area contributed by atoms with Crippen molar-refractivity contribution < 1.29 is 103 Å². The number of hydrogen-bond donors (Lipinski definition) is 20. The van der Waals surface area contributed by atoms with Crippen LogP contribution < -0.4 is 61.0 Å². The molecule has 8 amide bonds. The SMILES string of the molecule is Cc1c(N)nc([C@H](CC(N)=O)NC[C@@H](N)C(N)=O)nc1C(=O)N[C@H](C(=O)N[C@H](C)[C@@H](O)[C@H](C)C(=O)N[C@@H](C(=O)NCCc1nc(-c2nc(C(N)=O)cs2)cs1)[C@@H](C)O)[C@@H](O[C@@H]1O[C@@H](CO)[C@@H](O)[C@H](O)[C@@H]1O[C@H]1O[C@H](CO)[C@@H](O)[C@H](OC(N)=O)[C@@H]1O)c1cnc[nH]1. The number of imidazole rings is 1. The van der Waals surface area contributed by atoms with E-state index in [1.165, 1.54) is 44.4 Å². The summed E-state index contributed by atoms with van der Waals surface area (Å²) in [5.41, 5.74) is 33.1. The number of amides is 8. The fourth-order valence-electron chi connectivity index (χ4n) is 9.15. The predicted molar refractivity (Wildman–Crippen MR) is 306 cm³/mol. The van der Waals surface area contributed by atoms with E-state index >= 15 is 4.79 Å². The number of aliphatic hydroxyl groups excluding tert-OH is 8. The quantitative estimate of drug-likeness (QED) is 0.0222. The minimum absolute atomic E-state index is 0.0170. The number of anilines is 1. The Bertz CT molecular complexity index is 3150. The van der Waals surface area contributed by atoms with E-state index in [4.69, 9.17) is 58.1 Å². The second-order valence-electron chi connectivity index (χ2n) is 20.9. The van der Waals surface area contributed by atoms with Crippen molar-refractivity contribution >= 4 is 75.9 Å². The molecule has 6 rings (SSSR count). The summed E-state index contributed by atoms with van der Waals surface area (Å²) in [7, 11) is 0. The molecule has 19 atom stereocenters. The molecule has 0 radical (unpaired) electrons. The Balaban J connectivity index is 1.31. The van der Waals surface area contributed by atoms with Gasteiger partial charge in [-0.2, -0.15) is 0 Å². The highest BCUT2D eigenvalue weighted by molar-refractivity contribution is 7.14. The van der Waals surface area contributed by atoms with Gasteiger partial charge in [-0.1, -0.05) is 6.92 Å². The number of thiazole rings is 2. The van der Waals surface area contributed by atoms with Gasteiger partial charge in [0.15, 0.2) is 18.7 Å². The first-order chi connectivity index (χ1) is 42.5. The Hall–Kier alpha value is -7.65. The standard InChI is InChI=1S/C50H73N17O21S2/c1-15-28(64-42(67-39(15)53)20(7-26(52)71)59-8-19(51)40(54)77)45(81)66-30(36(21-9-57-14-60-21)86-49-38(34(75)32(73)24(10-68)85-49)87-48-35(76)37(88-50(56)83)33(74)25(11-69)84-48)46(82)61-17(3)31(72)16(2)43(79)65-29(18(4)70)44(80)58-6-5-27-62-23(13-89-27)47-63-22(12-90-47)41(55)78/h9,12-14,16-20,24-25,29-38,48-49,59,68-70,72-76H,5-8,10-11,51H2,1-4H3,(H2,52,71)(H2,54,77)(H2,55,78)(H2,56,83)(H,57,60)(H,58,80)(H,61,82)(H,65,79)(H,66,81)(H2,53,64,67)/t16-,17+,18+,19+,20-,24-,25+,29+,30-,31-,32+,33+,34-,35-,36-,37-,38-,48+,49-/m0/s1. The second kappa shape index (κ2) is 31.9. The van der Waals surface area contributed by atoms with E-state index in [0.29, 0.717) is 15.7 Å². The minimum atomic E-state index is -2.20. The van der Waals surface area contributed by atoms with E-state index in [1.807, 2.05) is 0 Å². The zero-order valence-electron chi connectivity index (χ0n) is 48.4. The number of carbonyl (C=O) groups is 8. The molecule has 2 aliphatic rings. The number of primary amides is 4. The van der Waals surface area contributed by atoms with Crippen LogP contribution in [-0.4, -0.2) is 242 Å². The molecule has 0 aliphatic carbocycles. The molecule has 4 aromatic rings. The Kier molecular flexibility index (Phi) is 25.3. The van der Waals surface area contributed by atoms with E-state index in [-0.39, 0.29) is 48.1 Å². The van der Waals surface area contributed by atoms with Gasteiger partial charge in [0.1, 0.15) is 94.6 Å². The van der Waals surface area contributed by atoms with Crippen molar-refractivity contribution in [2.24, 2.45) is 34.6 Å². The molecular formula is C50H73N17O21S2. The number of aromatic amines is 1. The van der Waals surface area contributed by atoms with Gasteiger partial charge >= 0.3 is 6.09 Å². The van der Waals surface area contributed by atoms with Crippen molar-refractivity contribution in [3.63, 3.8) is 0 Å². The van der Waals surface area contributed by atoms with Gasteiger partial charge in [0, 0.05) is 42.3 Å². The number of ether oxygens (including phenoxy) is 5. The first-order valence-electron chi connectivity index (χ1n) is 27.4. The maximum atomic E-state index is 15.1. The van der Waals surface area contributed by atoms with Crippen LogP contribution in [0.2, 0.25) is 0 Å². The number of aliphatic hydroxyl groups is 8. The van der Waals surface area contributed by atoms with Gasteiger partial charge < -0.3 is 131 Å². The molecule has 496 valence electrons.